The van der Waals surface area contributed by atoms with Crippen molar-refractivity contribution in [3.63, 3.8) is 0 Å². The SMILES string of the molecule is CCCCOc1ccc([C@@](O)(Cc2ccccc2)[C@@H](CN2CCN(Cc3ccc4c(c3)OCO4)CC2)c2ccccc2)cc1. The van der Waals surface area contributed by atoms with Crippen LogP contribution >= 0.6 is 0 Å². The van der Waals surface area contributed by atoms with Crippen LogP contribution in [0.25, 0.3) is 0 Å². The molecule has 0 spiro atoms. The van der Waals surface area contributed by atoms with E-state index in [4.69, 9.17) is 14.2 Å². The van der Waals surface area contributed by atoms with Gasteiger partial charge in [-0.1, -0.05) is 92.2 Å². The molecule has 0 amide bonds. The molecule has 230 valence electrons. The number of piperazine rings is 1. The maximum atomic E-state index is 12.9. The van der Waals surface area contributed by atoms with Crippen molar-refractivity contribution in [2.45, 2.75) is 44.2 Å². The molecule has 4 aromatic carbocycles. The van der Waals surface area contributed by atoms with Gasteiger partial charge in [0, 0.05) is 51.6 Å². The summed E-state index contributed by atoms with van der Waals surface area (Å²) in [5, 5.41) is 12.9. The molecule has 0 saturated carbocycles. The number of aliphatic hydroxyl groups is 1. The van der Waals surface area contributed by atoms with Gasteiger partial charge in [-0.2, -0.15) is 0 Å². The van der Waals surface area contributed by atoms with Crippen molar-refractivity contribution in [1.29, 1.82) is 0 Å². The first-order valence-electron chi connectivity index (χ1n) is 16.0. The fourth-order valence-corrected chi connectivity index (χ4v) is 6.41. The maximum Gasteiger partial charge on any atom is 0.231 e. The predicted octanol–water partition coefficient (Wildman–Crippen LogP) is 6.63. The van der Waals surface area contributed by atoms with Crippen LogP contribution in [0.2, 0.25) is 0 Å². The molecule has 2 atom stereocenters. The summed E-state index contributed by atoms with van der Waals surface area (Å²) in [6.07, 6.45) is 2.65. The fourth-order valence-electron chi connectivity index (χ4n) is 6.41. The van der Waals surface area contributed by atoms with Crippen molar-refractivity contribution >= 4 is 0 Å². The smallest absolute Gasteiger partial charge is 0.231 e. The Bertz CT molecular complexity index is 1460. The lowest BCUT2D eigenvalue weighted by atomic mass is 9.73. The summed E-state index contributed by atoms with van der Waals surface area (Å²) in [6.45, 7) is 8.65. The second kappa shape index (κ2) is 14.3. The summed E-state index contributed by atoms with van der Waals surface area (Å²) in [4.78, 5) is 5.02. The van der Waals surface area contributed by atoms with Crippen molar-refractivity contribution < 1.29 is 19.3 Å². The Hall–Kier alpha value is -3.84. The Kier molecular flexibility index (Phi) is 9.81. The van der Waals surface area contributed by atoms with Gasteiger partial charge in [-0.15, -0.1) is 0 Å². The Balaban J connectivity index is 1.22. The molecule has 6 nitrogen and oxygen atoms in total. The molecule has 2 aliphatic heterocycles. The summed E-state index contributed by atoms with van der Waals surface area (Å²) in [6, 6.07) is 35.3. The lowest BCUT2D eigenvalue weighted by Crippen LogP contribution is -2.50. The van der Waals surface area contributed by atoms with Crippen LogP contribution in [-0.2, 0) is 18.6 Å². The number of hydrogen-bond donors (Lipinski definition) is 1. The third-order valence-electron chi connectivity index (χ3n) is 8.96. The van der Waals surface area contributed by atoms with Crippen LogP contribution in [0.15, 0.2) is 103 Å². The van der Waals surface area contributed by atoms with Gasteiger partial charge in [0.25, 0.3) is 0 Å². The summed E-state index contributed by atoms with van der Waals surface area (Å²) >= 11 is 0. The number of fused-ring (bicyclic) bond motifs is 1. The van der Waals surface area contributed by atoms with Gasteiger partial charge in [0.2, 0.25) is 6.79 Å². The molecule has 0 bridgehead atoms. The Labute approximate surface area is 261 Å². The molecule has 1 fully saturated rings. The highest BCUT2D eigenvalue weighted by atomic mass is 16.7. The van der Waals surface area contributed by atoms with Crippen LogP contribution in [0, 0.1) is 0 Å². The van der Waals surface area contributed by atoms with E-state index >= 15 is 0 Å². The van der Waals surface area contributed by atoms with Crippen LogP contribution in [0.4, 0.5) is 0 Å². The topological polar surface area (TPSA) is 54.4 Å². The molecule has 2 aliphatic rings. The second-order valence-electron chi connectivity index (χ2n) is 12.0. The van der Waals surface area contributed by atoms with Crippen molar-refractivity contribution in [2.75, 3.05) is 46.1 Å². The van der Waals surface area contributed by atoms with E-state index in [1.165, 1.54) is 5.56 Å². The zero-order valence-corrected chi connectivity index (χ0v) is 25.7. The van der Waals surface area contributed by atoms with E-state index in [2.05, 4.69) is 89.5 Å². The number of hydrogen-bond acceptors (Lipinski definition) is 6. The van der Waals surface area contributed by atoms with Crippen LogP contribution in [0.5, 0.6) is 17.2 Å². The third kappa shape index (κ3) is 7.27. The normalized spacial score (nSPS) is 17.2. The molecular formula is C38H44N2O4. The van der Waals surface area contributed by atoms with E-state index in [1.54, 1.807) is 0 Å². The van der Waals surface area contributed by atoms with Crippen LogP contribution in [0.3, 0.4) is 0 Å². The van der Waals surface area contributed by atoms with Crippen molar-refractivity contribution in [1.82, 2.24) is 9.80 Å². The molecule has 6 heteroatoms. The van der Waals surface area contributed by atoms with Gasteiger partial charge in [-0.25, -0.2) is 0 Å². The summed E-state index contributed by atoms with van der Waals surface area (Å²) in [7, 11) is 0. The zero-order valence-electron chi connectivity index (χ0n) is 25.7. The molecule has 44 heavy (non-hydrogen) atoms. The highest BCUT2D eigenvalue weighted by Crippen LogP contribution is 2.41. The largest absolute Gasteiger partial charge is 0.494 e. The van der Waals surface area contributed by atoms with E-state index in [9.17, 15) is 5.11 Å². The first kappa shape index (κ1) is 30.2. The summed E-state index contributed by atoms with van der Waals surface area (Å²) in [5.74, 6) is 2.38. The first-order chi connectivity index (χ1) is 21.6. The Morgan fingerprint density at radius 2 is 1.45 bits per heavy atom. The van der Waals surface area contributed by atoms with E-state index in [0.717, 1.165) is 86.0 Å². The average molecular weight is 593 g/mol. The van der Waals surface area contributed by atoms with E-state index in [-0.39, 0.29) is 5.92 Å². The Morgan fingerprint density at radius 1 is 0.773 bits per heavy atom. The van der Waals surface area contributed by atoms with Crippen LogP contribution < -0.4 is 14.2 Å². The van der Waals surface area contributed by atoms with Gasteiger partial charge < -0.3 is 24.2 Å². The molecule has 0 radical (unpaired) electrons. The molecular weight excluding hydrogens is 548 g/mol. The maximum absolute atomic E-state index is 12.9. The molecule has 6 rings (SSSR count). The van der Waals surface area contributed by atoms with Crippen LogP contribution in [0.1, 0.15) is 47.9 Å². The lowest BCUT2D eigenvalue weighted by molar-refractivity contribution is -0.0104. The lowest BCUT2D eigenvalue weighted by Gasteiger charge is -2.42. The predicted molar refractivity (Wildman–Crippen MR) is 174 cm³/mol. The summed E-state index contributed by atoms with van der Waals surface area (Å²) in [5.41, 5.74) is 3.31. The molecule has 0 aliphatic carbocycles. The molecule has 4 aromatic rings. The van der Waals surface area contributed by atoms with Crippen molar-refractivity contribution in [2.24, 2.45) is 0 Å². The number of unbranched alkanes of at least 4 members (excludes halogenated alkanes) is 1. The quantitative estimate of drug-likeness (QED) is 0.176. The molecule has 2 heterocycles. The van der Waals surface area contributed by atoms with E-state index in [0.29, 0.717) is 19.8 Å². The minimum absolute atomic E-state index is 0.129. The van der Waals surface area contributed by atoms with Gasteiger partial charge in [0.15, 0.2) is 11.5 Å². The second-order valence-corrected chi connectivity index (χ2v) is 12.0. The van der Waals surface area contributed by atoms with E-state index in [1.807, 2.05) is 30.3 Å². The molecule has 0 aromatic heterocycles. The fraction of sp³-hybridized carbons (Fsp3) is 0.368. The minimum atomic E-state index is -1.12. The Morgan fingerprint density at radius 3 is 2.18 bits per heavy atom. The van der Waals surface area contributed by atoms with Crippen LogP contribution in [-0.4, -0.2) is 61.0 Å². The standard InChI is InChI=1S/C38H44N2O4/c1-2-3-24-42-34-17-15-33(16-18-34)38(41,26-30-10-6-4-7-11-30)35(32-12-8-5-9-13-32)28-40-22-20-39(21-23-40)27-31-14-19-36-37(25-31)44-29-43-36/h4-19,25,35,41H,2-3,20-24,26-29H2,1H3/t35-,38-/m0/s1. The zero-order chi connectivity index (χ0) is 30.2. The van der Waals surface area contributed by atoms with Gasteiger partial charge in [-0.05, 0) is 52.9 Å². The minimum Gasteiger partial charge on any atom is -0.494 e. The van der Waals surface area contributed by atoms with E-state index < -0.39 is 5.60 Å². The van der Waals surface area contributed by atoms with Crippen molar-refractivity contribution in [3.8, 4) is 17.2 Å². The number of nitrogens with zero attached hydrogens (tertiary/aromatic N) is 2. The van der Waals surface area contributed by atoms with Gasteiger partial charge in [0.1, 0.15) is 11.4 Å². The van der Waals surface area contributed by atoms with Crippen molar-refractivity contribution in [3.05, 3.63) is 125 Å². The number of rotatable bonds is 13. The van der Waals surface area contributed by atoms with Gasteiger partial charge in [-0.3, -0.25) is 4.90 Å². The molecule has 1 saturated heterocycles. The number of ether oxygens (including phenoxy) is 3. The third-order valence-corrected chi connectivity index (χ3v) is 8.96. The van der Waals surface area contributed by atoms with Gasteiger partial charge >= 0.3 is 0 Å². The molecule has 0 unspecified atom stereocenters. The average Bonchev–Trinajstić information content (AvgIpc) is 3.54. The highest BCUT2D eigenvalue weighted by molar-refractivity contribution is 5.44. The highest BCUT2D eigenvalue weighted by Gasteiger charge is 2.41. The monoisotopic (exact) mass is 592 g/mol. The summed E-state index contributed by atoms with van der Waals surface area (Å²) < 4.78 is 17.0. The molecule has 1 N–H and O–H groups in total. The van der Waals surface area contributed by atoms with Gasteiger partial charge in [0.05, 0.1) is 6.61 Å². The first-order valence-corrected chi connectivity index (χ1v) is 16.0. The number of benzene rings is 4.